The van der Waals surface area contributed by atoms with Gasteiger partial charge in [-0.05, 0) is 18.6 Å². The fourth-order valence-electron chi connectivity index (χ4n) is 1.35. The van der Waals surface area contributed by atoms with Crippen molar-refractivity contribution in [2.75, 3.05) is 12.0 Å². The molecule has 0 saturated carbocycles. The molecule has 0 aliphatic heterocycles. The van der Waals surface area contributed by atoms with Crippen LogP contribution in [0.2, 0.25) is 10.0 Å². The molecule has 2 N–H and O–H groups in total. The summed E-state index contributed by atoms with van der Waals surface area (Å²) < 4.78 is 22.0. The zero-order valence-corrected chi connectivity index (χ0v) is 11.1. The fraction of sp³-hybridized carbons (Fsp3) is 0.400. The van der Waals surface area contributed by atoms with Gasteiger partial charge in [0.15, 0.2) is 0 Å². The largest absolute Gasteiger partial charge is 0.324 e. The topological polar surface area (TPSA) is 60.2 Å². The number of hydrogen-bond acceptors (Lipinski definition) is 3. The van der Waals surface area contributed by atoms with Gasteiger partial charge in [0.25, 0.3) is 0 Å². The Labute approximate surface area is 105 Å². The van der Waals surface area contributed by atoms with Crippen molar-refractivity contribution in [1.82, 2.24) is 0 Å². The zero-order chi connectivity index (χ0) is 12.3. The summed E-state index contributed by atoms with van der Waals surface area (Å²) in [5, 5.41) is 0.932. The van der Waals surface area contributed by atoms with Gasteiger partial charge in [0, 0.05) is 27.9 Å². The Kier molecular flexibility index (Phi) is 4.62. The molecule has 0 spiro atoms. The summed E-state index contributed by atoms with van der Waals surface area (Å²) >= 11 is 11.9. The third-order valence-corrected chi connectivity index (χ3v) is 3.81. The molecular weight excluding hydrogens is 269 g/mol. The molecule has 0 amide bonds. The third kappa shape index (κ3) is 3.94. The number of nitrogens with two attached hydrogens (primary N) is 1. The van der Waals surface area contributed by atoms with Gasteiger partial charge in [0.1, 0.15) is 9.84 Å². The van der Waals surface area contributed by atoms with Gasteiger partial charge in [0.05, 0.1) is 5.75 Å². The van der Waals surface area contributed by atoms with Crippen molar-refractivity contribution in [2.45, 2.75) is 12.5 Å². The molecule has 1 aromatic rings. The quantitative estimate of drug-likeness (QED) is 0.922. The van der Waals surface area contributed by atoms with Gasteiger partial charge in [0.2, 0.25) is 0 Å². The van der Waals surface area contributed by atoms with Gasteiger partial charge in [-0.3, -0.25) is 0 Å². The first-order chi connectivity index (χ1) is 7.31. The van der Waals surface area contributed by atoms with Crippen LogP contribution >= 0.6 is 23.2 Å². The highest BCUT2D eigenvalue weighted by Gasteiger charge is 2.15. The van der Waals surface area contributed by atoms with Crippen molar-refractivity contribution in [3.8, 4) is 0 Å². The van der Waals surface area contributed by atoms with Crippen LogP contribution in [0, 0.1) is 0 Å². The van der Waals surface area contributed by atoms with Crippen LogP contribution < -0.4 is 5.73 Å². The summed E-state index contributed by atoms with van der Waals surface area (Å²) in [6.45, 7) is 0. The van der Waals surface area contributed by atoms with Gasteiger partial charge in [-0.2, -0.15) is 0 Å². The van der Waals surface area contributed by atoms with E-state index in [1.165, 1.54) is 6.26 Å². The molecule has 1 unspecified atom stereocenters. The molecule has 0 heterocycles. The zero-order valence-electron chi connectivity index (χ0n) is 8.78. The molecule has 0 aliphatic carbocycles. The predicted octanol–water partition coefficient (Wildman–Crippen LogP) is 2.43. The smallest absolute Gasteiger partial charge is 0.147 e. The van der Waals surface area contributed by atoms with Crippen LogP contribution in [0.25, 0.3) is 0 Å². The standard InChI is InChI=1S/C10H13Cl2NO2S/c1-16(14,15)6-5-9(13)10-7(11)3-2-4-8(10)12/h2-4,9H,5-6,13H2,1H3. The van der Waals surface area contributed by atoms with Crippen molar-refractivity contribution in [3.63, 3.8) is 0 Å². The highest BCUT2D eigenvalue weighted by molar-refractivity contribution is 7.90. The van der Waals surface area contributed by atoms with E-state index in [4.69, 9.17) is 28.9 Å². The van der Waals surface area contributed by atoms with E-state index in [2.05, 4.69) is 0 Å². The van der Waals surface area contributed by atoms with Gasteiger partial charge < -0.3 is 5.73 Å². The first-order valence-corrected chi connectivity index (χ1v) is 7.50. The highest BCUT2D eigenvalue weighted by Crippen LogP contribution is 2.30. The first kappa shape index (κ1) is 13.8. The van der Waals surface area contributed by atoms with Crippen LogP contribution in [-0.4, -0.2) is 20.4 Å². The number of benzene rings is 1. The predicted molar refractivity (Wildman–Crippen MR) is 67.7 cm³/mol. The Morgan fingerprint density at radius 1 is 1.31 bits per heavy atom. The molecule has 1 atom stereocenters. The van der Waals surface area contributed by atoms with E-state index < -0.39 is 15.9 Å². The van der Waals surface area contributed by atoms with E-state index in [1.807, 2.05) is 0 Å². The lowest BCUT2D eigenvalue weighted by molar-refractivity contribution is 0.592. The van der Waals surface area contributed by atoms with Gasteiger partial charge in [-0.25, -0.2) is 8.42 Å². The monoisotopic (exact) mass is 281 g/mol. The normalized spacial score (nSPS) is 13.8. The molecule has 0 saturated heterocycles. The molecule has 3 nitrogen and oxygen atoms in total. The Bertz CT molecular complexity index is 453. The molecule has 16 heavy (non-hydrogen) atoms. The van der Waals surface area contributed by atoms with Crippen molar-refractivity contribution in [2.24, 2.45) is 5.73 Å². The van der Waals surface area contributed by atoms with Gasteiger partial charge in [-0.1, -0.05) is 29.3 Å². The highest BCUT2D eigenvalue weighted by atomic mass is 35.5. The number of hydrogen-bond donors (Lipinski definition) is 1. The lowest BCUT2D eigenvalue weighted by atomic mass is 10.1. The van der Waals surface area contributed by atoms with E-state index in [0.717, 1.165) is 0 Å². The average molecular weight is 282 g/mol. The van der Waals surface area contributed by atoms with Crippen LogP contribution in [0.3, 0.4) is 0 Å². The maximum atomic E-state index is 11.0. The van der Waals surface area contributed by atoms with Crippen LogP contribution in [0.4, 0.5) is 0 Å². The van der Waals surface area contributed by atoms with Gasteiger partial charge >= 0.3 is 0 Å². The average Bonchev–Trinajstić information content (AvgIpc) is 2.13. The van der Waals surface area contributed by atoms with Crippen LogP contribution in [0.15, 0.2) is 18.2 Å². The molecule has 1 rings (SSSR count). The van der Waals surface area contributed by atoms with Crippen molar-refractivity contribution in [1.29, 1.82) is 0 Å². The van der Waals surface area contributed by atoms with E-state index in [-0.39, 0.29) is 5.75 Å². The maximum Gasteiger partial charge on any atom is 0.147 e. The minimum Gasteiger partial charge on any atom is -0.324 e. The molecular formula is C10H13Cl2NO2S. The Morgan fingerprint density at radius 2 is 1.81 bits per heavy atom. The molecule has 0 fully saturated rings. The SMILES string of the molecule is CS(=O)(=O)CCC(N)c1c(Cl)cccc1Cl. The molecule has 90 valence electrons. The van der Waals surface area contributed by atoms with Crippen LogP contribution in [-0.2, 0) is 9.84 Å². The second-order valence-corrected chi connectivity index (χ2v) is 6.73. The summed E-state index contributed by atoms with van der Waals surface area (Å²) in [4.78, 5) is 0. The molecule has 0 aliphatic rings. The molecule has 1 aromatic carbocycles. The first-order valence-electron chi connectivity index (χ1n) is 4.68. The maximum absolute atomic E-state index is 11.0. The summed E-state index contributed by atoms with van der Waals surface area (Å²) in [6, 6.07) is 4.62. The Balaban J connectivity index is 2.85. The van der Waals surface area contributed by atoms with E-state index in [0.29, 0.717) is 22.0 Å². The van der Waals surface area contributed by atoms with Crippen LogP contribution in [0.5, 0.6) is 0 Å². The molecule has 0 aromatic heterocycles. The van der Waals surface area contributed by atoms with Crippen molar-refractivity contribution in [3.05, 3.63) is 33.8 Å². The van der Waals surface area contributed by atoms with Crippen molar-refractivity contribution < 1.29 is 8.42 Å². The van der Waals surface area contributed by atoms with Crippen molar-refractivity contribution >= 4 is 33.0 Å². The number of rotatable bonds is 4. The molecule has 0 radical (unpaired) electrons. The molecule has 6 heteroatoms. The summed E-state index contributed by atoms with van der Waals surface area (Å²) in [5.41, 5.74) is 6.48. The Hall–Kier alpha value is -0.290. The lowest BCUT2D eigenvalue weighted by Crippen LogP contribution is -2.16. The fourth-order valence-corrected chi connectivity index (χ4v) is 2.71. The molecule has 0 bridgehead atoms. The lowest BCUT2D eigenvalue weighted by Gasteiger charge is -2.14. The van der Waals surface area contributed by atoms with E-state index in [9.17, 15) is 8.42 Å². The minimum absolute atomic E-state index is 0.0235. The van der Waals surface area contributed by atoms with Crippen LogP contribution in [0.1, 0.15) is 18.0 Å². The van der Waals surface area contributed by atoms with Gasteiger partial charge in [-0.15, -0.1) is 0 Å². The Morgan fingerprint density at radius 3 is 2.25 bits per heavy atom. The summed E-state index contributed by atoms with van der Waals surface area (Å²) in [6.07, 6.45) is 1.48. The number of sulfone groups is 1. The second-order valence-electron chi connectivity index (χ2n) is 3.66. The third-order valence-electron chi connectivity index (χ3n) is 2.17. The minimum atomic E-state index is -3.02. The number of halogens is 2. The van der Waals surface area contributed by atoms with E-state index >= 15 is 0 Å². The summed E-state index contributed by atoms with van der Waals surface area (Å²) in [7, 11) is -3.02. The summed E-state index contributed by atoms with van der Waals surface area (Å²) in [5.74, 6) is 0.0235. The second kappa shape index (κ2) is 5.36. The van der Waals surface area contributed by atoms with E-state index in [1.54, 1.807) is 18.2 Å².